The number of rotatable bonds is 2. The average Bonchev–Trinajstić information content (AvgIpc) is 2.48. The van der Waals surface area contributed by atoms with Crippen molar-refractivity contribution in [3.63, 3.8) is 0 Å². The molecule has 104 valence electrons. The summed E-state index contributed by atoms with van der Waals surface area (Å²) in [5, 5.41) is 7.08. The van der Waals surface area contributed by atoms with Crippen molar-refractivity contribution in [2.75, 3.05) is 50.8 Å². The third-order valence-corrected chi connectivity index (χ3v) is 3.55. The Morgan fingerprint density at radius 1 is 1.21 bits per heavy atom. The van der Waals surface area contributed by atoms with E-state index in [1.807, 2.05) is 6.07 Å². The number of ether oxygens (including phenoxy) is 1. The highest BCUT2D eigenvalue weighted by molar-refractivity contribution is 6.29. The fourth-order valence-corrected chi connectivity index (χ4v) is 2.54. The Morgan fingerprint density at radius 2 is 2.05 bits per heavy atom. The number of anilines is 1. The van der Waals surface area contributed by atoms with Crippen molar-refractivity contribution < 1.29 is 4.74 Å². The SMILES string of the molecule is Clc1cc(N2CCNCC2)nc(C2CNCCO2)n1. The number of piperazine rings is 1. The number of morpholine rings is 1. The summed E-state index contributed by atoms with van der Waals surface area (Å²) < 4.78 is 5.68. The van der Waals surface area contributed by atoms with Gasteiger partial charge in [0.1, 0.15) is 17.1 Å². The fourth-order valence-electron chi connectivity index (χ4n) is 2.35. The first-order valence-electron chi connectivity index (χ1n) is 6.65. The van der Waals surface area contributed by atoms with E-state index >= 15 is 0 Å². The number of nitrogens with zero attached hydrogens (tertiary/aromatic N) is 3. The van der Waals surface area contributed by atoms with E-state index in [2.05, 4.69) is 25.5 Å². The number of hydrogen-bond acceptors (Lipinski definition) is 6. The Hall–Kier alpha value is -0.950. The van der Waals surface area contributed by atoms with E-state index in [4.69, 9.17) is 16.3 Å². The number of halogens is 1. The molecule has 0 saturated carbocycles. The van der Waals surface area contributed by atoms with Gasteiger partial charge >= 0.3 is 0 Å². The Morgan fingerprint density at radius 3 is 2.79 bits per heavy atom. The zero-order chi connectivity index (χ0) is 13.1. The lowest BCUT2D eigenvalue weighted by atomic mass is 10.3. The molecule has 0 spiro atoms. The molecule has 3 rings (SSSR count). The van der Waals surface area contributed by atoms with Gasteiger partial charge in [0.15, 0.2) is 5.82 Å². The van der Waals surface area contributed by atoms with Gasteiger partial charge in [-0.15, -0.1) is 0 Å². The summed E-state index contributed by atoms with van der Waals surface area (Å²) in [4.78, 5) is 11.1. The number of aromatic nitrogens is 2. The zero-order valence-electron chi connectivity index (χ0n) is 10.7. The fraction of sp³-hybridized carbons (Fsp3) is 0.667. The second-order valence-electron chi connectivity index (χ2n) is 4.71. The van der Waals surface area contributed by atoms with Crippen LogP contribution in [0.3, 0.4) is 0 Å². The monoisotopic (exact) mass is 283 g/mol. The van der Waals surface area contributed by atoms with E-state index in [9.17, 15) is 0 Å². The molecule has 2 fully saturated rings. The molecule has 2 aliphatic rings. The standard InChI is InChI=1S/C12H18ClN5O/c13-10-7-11(18-4-1-14-2-5-18)17-12(16-10)9-8-15-3-6-19-9/h7,9,14-15H,1-6,8H2. The molecule has 19 heavy (non-hydrogen) atoms. The van der Waals surface area contributed by atoms with E-state index in [1.54, 1.807) is 0 Å². The molecule has 6 nitrogen and oxygen atoms in total. The maximum absolute atomic E-state index is 6.12. The van der Waals surface area contributed by atoms with Crippen LogP contribution in [0.15, 0.2) is 6.07 Å². The lowest BCUT2D eigenvalue weighted by molar-refractivity contribution is 0.0222. The van der Waals surface area contributed by atoms with Gasteiger partial charge in [-0.2, -0.15) is 0 Å². The molecule has 0 amide bonds. The van der Waals surface area contributed by atoms with Gasteiger partial charge in [-0.1, -0.05) is 11.6 Å². The molecule has 3 heterocycles. The molecule has 2 N–H and O–H groups in total. The molecule has 1 unspecified atom stereocenters. The van der Waals surface area contributed by atoms with Crippen LogP contribution in [-0.2, 0) is 4.74 Å². The van der Waals surface area contributed by atoms with Gasteiger partial charge < -0.3 is 20.3 Å². The van der Waals surface area contributed by atoms with Crippen LogP contribution >= 0.6 is 11.6 Å². The minimum atomic E-state index is -0.103. The quantitative estimate of drug-likeness (QED) is 0.756. The van der Waals surface area contributed by atoms with Gasteiger partial charge in [-0.05, 0) is 0 Å². The lowest BCUT2D eigenvalue weighted by Crippen LogP contribution is -2.44. The molecule has 0 bridgehead atoms. The molecule has 1 atom stereocenters. The van der Waals surface area contributed by atoms with Crippen LogP contribution in [0, 0.1) is 0 Å². The van der Waals surface area contributed by atoms with E-state index in [1.165, 1.54) is 0 Å². The maximum Gasteiger partial charge on any atom is 0.162 e. The van der Waals surface area contributed by atoms with Crippen LogP contribution in [0.25, 0.3) is 0 Å². The highest BCUT2D eigenvalue weighted by Gasteiger charge is 2.21. The largest absolute Gasteiger partial charge is 0.368 e. The first-order valence-corrected chi connectivity index (χ1v) is 7.03. The molecule has 0 radical (unpaired) electrons. The van der Waals surface area contributed by atoms with Crippen molar-refractivity contribution in [1.82, 2.24) is 20.6 Å². The summed E-state index contributed by atoms with van der Waals surface area (Å²) in [6.07, 6.45) is -0.103. The van der Waals surface area contributed by atoms with Crippen LogP contribution in [0.5, 0.6) is 0 Å². The van der Waals surface area contributed by atoms with Crippen LogP contribution in [0.2, 0.25) is 5.15 Å². The Bertz CT molecular complexity index is 396. The summed E-state index contributed by atoms with van der Waals surface area (Å²) in [6, 6.07) is 1.83. The summed E-state index contributed by atoms with van der Waals surface area (Å²) in [6.45, 7) is 6.12. The second kappa shape index (κ2) is 6.00. The highest BCUT2D eigenvalue weighted by Crippen LogP contribution is 2.22. The van der Waals surface area contributed by atoms with Gasteiger partial charge in [0.25, 0.3) is 0 Å². The highest BCUT2D eigenvalue weighted by atomic mass is 35.5. The smallest absolute Gasteiger partial charge is 0.162 e. The molecule has 0 aliphatic carbocycles. The molecular weight excluding hydrogens is 266 g/mol. The summed E-state index contributed by atoms with van der Waals surface area (Å²) in [5.41, 5.74) is 0. The van der Waals surface area contributed by atoms with Crippen LogP contribution < -0.4 is 15.5 Å². The van der Waals surface area contributed by atoms with Crippen molar-refractivity contribution in [1.29, 1.82) is 0 Å². The maximum atomic E-state index is 6.12. The van der Waals surface area contributed by atoms with Crippen molar-refractivity contribution in [2.45, 2.75) is 6.10 Å². The number of nitrogens with one attached hydrogen (secondary N) is 2. The predicted octanol–water partition coefficient (Wildman–Crippen LogP) is 0.201. The average molecular weight is 284 g/mol. The Balaban J connectivity index is 1.82. The van der Waals surface area contributed by atoms with E-state index in [0.717, 1.165) is 45.1 Å². The summed E-state index contributed by atoms with van der Waals surface area (Å²) in [7, 11) is 0. The van der Waals surface area contributed by atoms with Gasteiger partial charge in [-0.3, -0.25) is 0 Å². The van der Waals surface area contributed by atoms with Gasteiger partial charge in [0.05, 0.1) is 6.61 Å². The molecular formula is C12H18ClN5O. The summed E-state index contributed by atoms with van der Waals surface area (Å²) in [5.74, 6) is 1.57. The minimum absolute atomic E-state index is 0.103. The van der Waals surface area contributed by atoms with Crippen LogP contribution in [0.4, 0.5) is 5.82 Å². The van der Waals surface area contributed by atoms with E-state index in [0.29, 0.717) is 17.6 Å². The molecule has 1 aromatic heterocycles. The van der Waals surface area contributed by atoms with Crippen molar-refractivity contribution >= 4 is 17.4 Å². The third kappa shape index (κ3) is 3.14. The minimum Gasteiger partial charge on any atom is -0.368 e. The van der Waals surface area contributed by atoms with Gasteiger partial charge in [0.2, 0.25) is 0 Å². The van der Waals surface area contributed by atoms with Gasteiger partial charge in [-0.25, -0.2) is 9.97 Å². The first-order chi connectivity index (χ1) is 9.33. The molecule has 0 aromatic carbocycles. The molecule has 2 aliphatic heterocycles. The Kier molecular flexibility index (Phi) is 4.12. The Labute approximate surface area is 117 Å². The number of hydrogen-bond donors (Lipinski definition) is 2. The van der Waals surface area contributed by atoms with E-state index in [-0.39, 0.29) is 6.10 Å². The second-order valence-corrected chi connectivity index (χ2v) is 5.09. The topological polar surface area (TPSA) is 62.3 Å². The van der Waals surface area contributed by atoms with Crippen molar-refractivity contribution in [2.24, 2.45) is 0 Å². The predicted molar refractivity (Wildman–Crippen MR) is 73.7 cm³/mol. The first kappa shape index (κ1) is 13.1. The lowest BCUT2D eigenvalue weighted by Gasteiger charge is -2.29. The van der Waals surface area contributed by atoms with Crippen LogP contribution in [-0.4, -0.2) is 55.8 Å². The third-order valence-electron chi connectivity index (χ3n) is 3.36. The zero-order valence-corrected chi connectivity index (χ0v) is 11.5. The van der Waals surface area contributed by atoms with Crippen molar-refractivity contribution in [3.05, 3.63) is 17.0 Å². The van der Waals surface area contributed by atoms with Crippen molar-refractivity contribution in [3.8, 4) is 0 Å². The van der Waals surface area contributed by atoms with Crippen LogP contribution in [0.1, 0.15) is 11.9 Å². The molecule has 2 saturated heterocycles. The molecule has 1 aromatic rings. The van der Waals surface area contributed by atoms with E-state index < -0.39 is 0 Å². The molecule has 7 heteroatoms. The van der Waals surface area contributed by atoms with Gasteiger partial charge in [0, 0.05) is 45.3 Å². The normalized spacial score (nSPS) is 24.5. The summed E-state index contributed by atoms with van der Waals surface area (Å²) >= 11 is 6.12.